The van der Waals surface area contributed by atoms with E-state index >= 15 is 0 Å². The van der Waals surface area contributed by atoms with Crippen LogP contribution in [-0.2, 0) is 0 Å². The van der Waals surface area contributed by atoms with Gasteiger partial charge in [0.2, 0.25) is 5.71 Å². The molecule has 0 saturated heterocycles. The lowest BCUT2D eigenvalue weighted by Crippen LogP contribution is -2.07. The van der Waals surface area contributed by atoms with Crippen molar-refractivity contribution in [1.29, 1.82) is 0 Å². The molecule has 0 radical (unpaired) electrons. The van der Waals surface area contributed by atoms with Crippen molar-refractivity contribution >= 4 is 33.0 Å². The Morgan fingerprint density at radius 3 is 2.61 bits per heavy atom. The highest BCUT2D eigenvalue weighted by Gasteiger charge is 2.11. The Bertz CT molecular complexity index is 1040. The van der Waals surface area contributed by atoms with Crippen LogP contribution in [0, 0.1) is 0 Å². The van der Waals surface area contributed by atoms with Crippen molar-refractivity contribution < 1.29 is 4.42 Å². The highest BCUT2D eigenvalue weighted by molar-refractivity contribution is 6.07. The van der Waals surface area contributed by atoms with Crippen molar-refractivity contribution in [2.45, 2.75) is 12.8 Å². The monoisotopic (exact) mass is 305 g/mol. The Morgan fingerprint density at radius 2 is 1.74 bits per heavy atom. The van der Waals surface area contributed by atoms with Crippen LogP contribution < -0.4 is 11.1 Å². The van der Waals surface area contributed by atoms with E-state index in [1.165, 1.54) is 0 Å². The third-order valence-electron chi connectivity index (χ3n) is 4.14. The molecular weight excluding hydrogens is 286 g/mol. The molecular formula is C19H19N3O. The maximum Gasteiger partial charge on any atom is 0.208 e. The van der Waals surface area contributed by atoms with Crippen LogP contribution in [0.3, 0.4) is 0 Å². The van der Waals surface area contributed by atoms with Crippen molar-refractivity contribution in [1.82, 2.24) is 4.98 Å². The fourth-order valence-electron chi connectivity index (χ4n) is 3.04. The van der Waals surface area contributed by atoms with Gasteiger partial charge in [0.25, 0.3) is 0 Å². The summed E-state index contributed by atoms with van der Waals surface area (Å²) >= 11 is 0. The molecule has 116 valence electrons. The number of nitrogens with two attached hydrogens (primary N) is 1. The number of rotatable bonds is 4. The van der Waals surface area contributed by atoms with E-state index < -0.39 is 0 Å². The first kappa shape index (κ1) is 14.0. The topological polar surface area (TPSA) is 67.3 Å². The Hall–Kier alpha value is -2.59. The van der Waals surface area contributed by atoms with E-state index in [1.54, 1.807) is 0 Å². The average molecular weight is 305 g/mol. The molecule has 0 aliphatic rings. The third-order valence-corrected chi connectivity index (χ3v) is 4.14. The molecule has 0 saturated carbocycles. The molecule has 0 atom stereocenters. The zero-order valence-electron chi connectivity index (χ0n) is 12.9. The van der Waals surface area contributed by atoms with Gasteiger partial charge in [-0.15, -0.1) is 0 Å². The zero-order chi connectivity index (χ0) is 15.6. The summed E-state index contributed by atoms with van der Waals surface area (Å²) in [6, 6.07) is 16.3. The molecule has 0 aliphatic carbocycles. The summed E-state index contributed by atoms with van der Waals surface area (Å²) in [7, 11) is 0. The van der Waals surface area contributed by atoms with Gasteiger partial charge in [-0.2, -0.15) is 0 Å². The lowest BCUT2D eigenvalue weighted by atomic mass is 10.1. The minimum atomic E-state index is 0.711. The molecule has 0 spiro atoms. The van der Waals surface area contributed by atoms with Gasteiger partial charge < -0.3 is 15.1 Å². The van der Waals surface area contributed by atoms with Gasteiger partial charge in [0, 0.05) is 22.8 Å². The van der Waals surface area contributed by atoms with Crippen molar-refractivity contribution in [2.24, 2.45) is 10.7 Å². The normalized spacial score (nSPS) is 12.7. The molecule has 2 aromatic heterocycles. The van der Waals surface area contributed by atoms with Crippen LogP contribution in [0.25, 0.3) is 33.0 Å². The zero-order valence-corrected chi connectivity index (χ0v) is 12.9. The number of H-pyrrole nitrogens is 1. The molecule has 2 heterocycles. The molecule has 0 aliphatic heterocycles. The number of fused-ring (bicyclic) bond motifs is 4. The van der Waals surface area contributed by atoms with E-state index in [2.05, 4.69) is 23.2 Å². The van der Waals surface area contributed by atoms with Crippen LogP contribution in [0.2, 0.25) is 0 Å². The minimum Gasteiger partial charge on any atom is -0.440 e. The molecule has 3 N–H and O–H groups in total. The summed E-state index contributed by atoms with van der Waals surface area (Å²) < 4.78 is 6.06. The molecule has 2 aromatic carbocycles. The van der Waals surface area contributed by atoms with E-state index in [4.69, 9.17) is 15.1 Å². The van der Waals surface area contributed by atoms with Gasteiger partial charge in [0.05, 0.1) is 10.7 Å². The molecule has 0 unspecified atom stereocenters. The Balaban J connectivity index is 2.07. The second kappa shape index (κ2) is 5.89. The lowest BCUT2D eigenvalue weighted by molar-refractivity contribution is 0.647. The number of nitrogens with one attached hydrogen (secondary N) is 1. The van der Waals surface area contributed by atoms with E-state index in [-0.39, 0.29) is 0 Å². The summed E-state index contributed by atoms with van der Waals surface area (Å²) in [4.78, 5) is 8.25. The van der Waals surface area contributed by atoms with E-state index in [1.807, 2.05) is 30.3 Å². The van der Waals surface area contributed by atoms with Crippen molar-refractivity contribution in [3.8, 4) is 0 Å². The molecule has 0 amide bonds. The number of nitrogens with zero attached hydrogens (tertiary/aromatic N) is 1. The highest BCUT2D eigenvalue weighted by atomic mass is 16.3. The van der Waals surface area contributed by atoms with Crippen LogP contribution in [0.15, 0.2) is 57.9 Å². The van der Waals surface area contributed by atoms with Crippen molar-refractivity contribution in [3.63, 3.8) is 0 Å². The number of hydrogen-bond donors (Lipinski definition) is 2. The smallest absolute Gasteiger partial charge is 0.208 e. The predicted molar refractivity (Wildman–Crippen MR) is 94.3 cm³/mol. The number of hydrogen-bond acceptors (Lipinski definition) is 3. The third kappa shape index (κ3) is 2.41. The Morgan fingerprint density at radius 1 is 0.957 bits per heavy atom. The first-order valence-electron chi connectivity index (χ1n) is 8.01. The summed E-state index contributed by atoms with van der Waals surface area (Å²) in [5, 5.41) is 4.27. The van der Waals surface area contributed by atoms with Crippen LogP contribution in [0.5, 0.6) is 0 Å². The number of benzene rings is 2. The summed E-state index contributed by atoms with van der Waals surface area (Å²) in [6.45, 7) is 1.49. The Labute approximate surface area is 133 Å². The van der Waals surface area contributed by atoms with Gasteiger partial charge in [0.1, 0.15) is 5.58 Å². The van der Waals surface area contributed by atoms with Crippen LogP contribution in [0.4, 0.5) is 0 Å². The summed E-state index contributed by atoms with van der Waals surface area (Å²) in [5.41, 5.74) is 8.29. The summed E-state index contributed by atoms with van der Waals surface area (Å²) in [6.07, 6.45) is 2.00. The minimum absolute atomic E-state index is 0.711. The number of para-hydroxylation sites is 2. The Kier molecular flexibility index (Phi) is 3.60. The molecule has 4 aromatic rings. The molecule has 0 bridgehead atoms. The molecule has 4 nitrogen and oxygen atoms in total. The van der Waals surface area contributed by atoms with Gasteiger partial charge in [-0.3, -0.25) is 4.99 Å². The van der Waals surface area contributed by atoms with E-state index in [9.17, 15) is 0 Å². The summed E-state index contributed by atoms with van der Waals surface area (Å²) in [5.74, 6) is 0. The number of aromatic nitrogens is 1. The van der Waals surface area contributed by atoms with Gasteiger partial charge in [-0.05, 0) is 37.6 Å². The lowest BCUT2D eigenvalue weighted by Gasteiger charge is -2.01. The van der Waals surface area contributed by atoms with Crippen molar-refractivity contribution in [2.75, 3.05) is 13.1 Å². The van der Waals surface area contributed by atoms with Gasteiger partial charge >= 0.3 is 0 Å². The number of aromatic amines is 1. The maximum absolute atomic E-state index is 6.06. The predicted octanol–water partition coefficient (Wildman–Crippen LogP) is 3.71. The number of unbranched alkanes of at least 4 members (excludes halogenated alkanes) is 1. The molecule has 4 rings (SSSR count). The molecule has 0 fully saturated rings. The maximum atomic E-state index is 6.06. The molecule has 4 heteroatoms. The standard InChI is InChI=1S/C19H19N3O/c20-11-5-6-12-21-18-14-8-2-4-10-16(14)23-19-17(18)13-7-1-3-9-15(13)22-19/h1-4,7-10,22H,5-6,11-12,20H2. The van der Waals surface area contributed by atoms with E-state index in [0.717, 1.165) is 57.7 Å². The van der Waals surface area contributed by atoms with E-state index in [0.29, 0.717) is 6.54 Å². The SMILES string of the molecule is NCCCCN=c1c2ccccc2oc2[nH]c3ccccc3c12. The van der Waals surface area contributed by atoms with Crippen molar-refractivity contribution in [3.05, 3.63) is 53.9 Å². The molecule has 23 heavy (non-hydrogen) atoms. The van der Waals surface area contributed by atoms with Gasteiger partial charge in [-0.25, -0.2) is 0 Å². The first-order valence-corrected chi connectivity index (χ1v) is 8.01. The van der Waals surface area contributed by atoms with Crippen LogP contribution in [-0.4, -0.2) is 18.1 Å². The largest absolute Gasteiger partial charge is 0.440 e. The second-order valence-electron chi connectivity index (χ2n) is 5.70. The highest BCUT2D eigenvalue weighted by Crippen LogP contribution is 2.25. The average Bonchev–Trinajstić information content (AvgIpc) is 2.96. The van der Waals surface area contributed by atoms with Crippen LogP contribution >= 0.6 is 0 Å². The second-order valence-corrected chi connectivity index (χ2v) is 5.70. The fourth-order valence-corrected chi connectivity index (χ4v) is 3.04. The first-order chi connectivity index (χ1) is 11.4. The fraction of sp³-hybridized carbons (Fsp3) is 0.211. The van der Waals surface area contributed by atoms with Gasteiger partial charge in [-0.1, -0.05) is 30.3 Å². The van der Waals surface area contributed by atoms with Crippen LogP contribution in [0.1, 0.15) is 12.8 Å². The quantitative estimate of drug-likeness (QED) is 0.564. The van der Waals surface area contributed by atoms with Gasteiger partial charge in [0.15, 0.2) is 0 Å².